The molecule has 4 aromatic rings. The lowest BCUT2D eigenvalue weighted by Gasteiger charge is -2.16. The van der Waals surface area contributed by atoms with Crippen LogP contribution in [0, 0.1) is 0 Å². The van der Waals surface area contributed by atoms with Crippen LogP contribution in [0.25, 0.3) is 22.3 Å². The van der Waals surface area contributed by atoms with Crippen molar-refractivity contribution in [2.24, 2.45) is 0 Å². The smallest absolute Gasteiger partial charge is 0.289 e. The zero-order valence-electron chi connectivity index (χ0n) is 17.7. The van der Waals surface area contributed by atoms with E-state index in [0.717, 1.165) is 0 Å². The number of halogens is 7. The average Bonchev–Trinajstić information content (AvgIpc) is 2.82. The van der Waals surface area contributed by atoms with Crippen molar-refractivity contribution in [2.75, 3.05) is 0 Å². The van der Waals surface area contributed by atoms with Crippen LogP contribution in [0.3, 0.4) is 0 Å². The summed E-state index contributed by atoms with van der Waals surface area (Å²) in [6, 6.07) is 20.6. The molecule has 0 aliphatic heterocycles. The lowest BCUT2D eigenvalue weighted by Crippen LogP contribution is -2.11. The summed E-state index contributed by atoms with van der Waals surface area (Å²) in [4.78, 5) is 13.1. The largest absolute Gasteiger partial charge is 0.416 e. The van der Waals surface area contributed by atoms with Crippen molar-refractivity contribution in [1.82, 2.24) is 0 Å². The molecule has 0 N–H and O–H groups in total. The fraction of sp³-hybridized carbons (Fsp3) is 0.0741. The number of carbonyl (C=O) groups excluding carboxylic acids is 1. The normalized spacial score (nSPS) is 12.0. The van der Waals surface area contributed by atoms with E-state index in [2.05, 4.69) is 0 Å². The summed E-state index contributed by atoms with van der Waals surface area (Å²) < 4.78 is 80.1. The van der Waals surface area contributed by atoms with Crippen LogP contribution in [-0.2, 0) is 12.4 Å². The van der Waals surface area contributed by atoms with Crippen molar-refractivity contribution in [3.8, 4) is 22.3 Å². The van der Waals surface area contributed by atoms with Gasteiger partial charge in [0.2, 0.25) is 0 Å². The molecule has 0 aromatic heterocycles. The molecule has 4 rings (SSSR count). The summed E-state index contributed by atoms with van der Waals surface area (Å²) >= 11 is 6.23. The highest BCUT2D eigenvalue weighted by Crippen LogP contribution is 2.40. The minimum absolute atomic E-state index is 0.0473. The number of hydrogen-bond acceptors (Lipinski definition) is 1. The van der Waals surface area contributed by atoms with Gasteiger partial charge in [0.15, 0.2) is 5.78 Å². The van der Waals surface area contributed by atoms with Gasteiger partial charge in [0, 0.05) is 16.1 Å². The van der Waals surface area contributed by atoms with Crippen LogP contribution in [0.4, 0.5) is 26.3 Å². The third kappa shape index (κ3) is 5.41. The van der Waals surface area contributed by atoms with Gasteiger partial charge in [-0.25, -0.2) is 0 Å². The molecule has 8 heteroatoms. The van der Waals surface area contributed by atoms with Crippen molar-refractivity contribution >= 4 is 17.4 Å². The number of hydrogen-bond donors (Lipinski definition) is 0. The Labute approximate surface area is 201 Å². The molecule has 0 bridgehead atoms. The van der Waals surface area contributed by atoms with Crippen molar-refractivity contribution in [3.63, 3.8) is 0 Å². The molecule has 0 aliphatic rings. The van der Waals surface area contributed by atoms with Gasteiger partial charge in [0.05, 0.1) is 11.1 Å². The highest BCUT2D eigenvalue weighted by molar-refractivity contribution is 6.31. The molecule has 0 saturated heterocycles. The number of benzene rings is 4. The van der Waals surface area contributed by atoms with Crippen molar-refractivity contribution in [3.05, 3.63) is 118 Å². The molecule has 0 aliphatic carbocycles. The summed E-state index contributed by atoms with van der Waals surface area (Å²) in [6.45, 7) is 0. The van der Waals surface area contributed by atoms with E-state index >= 15 is 0 Å². The van der Waals surface area contributed by atoms with Gasteiger partial charge in [0.1, 0.15) is 0 Å². The standard InChI is InChI=1S/C27H15ClF6O/c28-22-13-17(18-11-20(26(29,30)31)15-21(12-18)27(32,33)34)10-19(14-22)23-8-4-5-9-24(23)25(35)16-6-2-1-3-7-16/h1-15H. The monoisotopic (exact) mass is 504 g/mol. The molecule has 4 aromatic carbocycles. The maximum atomic E-state index is 13.3. The molecule has 178 valence electrons. The average molecular weight is 505 g/mol. The summed E-state index contributed by atoms with van der Waals surface area (Å²) in [7, 11) is 0. The molecule has 0 unspecified atom stereocenters. The summed E-state index contributed by atoms with van der Waals surface area (Å²) in [5, 5.41) is 0.0884. The Morgan fingerprint density at radius 3 is 1.71 bits per heavy atom. The predicted octanol–water partition coefficient (Wildman–Crippen LogP) is 8.94. The zero-order valence-corrected chi connectivity index (χ0v) is 18.5. The second-order valence-corrected chi connectivity index (χ2v) is 8.20. The second kappa shape index (κ2) is 9.23. The Kier molecular flexibility index (Phi) is 6.47. The predicted molar refractivity (Wildman–Crippen MR) is 122 cm³/mol. The molecule has 1 nitrogen and oxygen atoms in total. The fourth-order valence-corrected chi connectivity index (χ4v) is 3.95. The second-order valence-electron chi connectivity index (χ2n) is 7.76. The highest BCUT2D eigenvalue weighted by atomic mass is 35.5. The van der Waals surface area contributed by atoms with Gasteiger partial charge in [-0.1, -0.05) is 66.2 Å². The zero-order chi connectivity index (χ0) is 25.4. The lowest BCUT2D eigenvalue weighted by atomic mass is 9.91. The van der Waals surface area contributed by atoms with Gasteiger partial charge in [-0.05, 0) is 58.7 Å². The number of alkyl halides is 6. The fourth-order valence-electron chi connectivity index (χ4n) is 3.71. The maximum absolute atomic E-state index is 13.3. The first-order valence-corrected chi connectivity index (χ1v) is 10.6. The highest BCUT2D eigenvalue weighted by Gasteiger charge is 2.37. The van der Waals surface area contributed by atoms with Gasteiger partial charge in [-0.3, -0.25) is 4.79 Å². The Balaban J connectivity index is 1.88. The molecular formula is C27H15ClF6O. The van der Waals surface area contributed by atoms with Crippen molar-refractivity contribution in [1.29, 1.82) is 0 Å². The Morgan fingerprint density at radius 2 is 1.11 bits per heavy atom. The van der Waals surface area contributed by atoms with E-state index < -0.39 is 23.5 Å². The molecule has 0 atom stereocenters. The van der Waals surface area contributed by atoms with E-state index in [-0.39, 0.29) is 28.0 Å². The molecule has 0 amide bonds. The quantitative estimate of drug-likeness (QED) is 0.200. The number of rotatable bonds is 4. The lowest BCUT2D eigenvalue weighted by molar-refractivity contribution is -0.143. The third-order valence-corrected chi connectivity index (χ3v) is 5.56. The molecular weight excluding hydrogens is 490 g/mol. The first kappa shape index (κ1) is 24.5. The van der Waals surface area contributed by atoms with Crippen LogP contribution in [0.5, 0.6) is 0 Å². The van der Waals surface area contributed by atoms with Gasteiger partial charge in [-0.15, -0.1) is 0 Å². The van der Waals surface area contributed by atoms with E-state index in [0.29, 0.717) is 34.4 Å². The minimum Gasteiger partial charge on any atom is -0.289 e. The van der Waals surface area contributed by atoms with Crippen LogP contribution in [0.1, 0.15) is 27.0 Å². The van der Waals surface area contributed by atoms with Gasteiger partial charge in [-0.2, -0.15) is 26.3 Å². The molecule has 0 spiro atoms. The van der Waals surface area contributed by atoms with Crippen LogP contribution in [-0.4, -0.2) is 5.78 Å². The number of carbonyl (C=O) groups is 1. The van der Waals surface area contributed by atoms with E-state index in [1.54, 1.807) is 54.6 Å². The Hall–Kier alpha value is -3.58. The molecule has 0 fully saturated rings. The van der Waals surface area contributed by atoms with Crippen molar-refractivity contribution < 1.29 is 31.1 Å². The SMILES string of the molecule is O=C(c1ccccc1)c1ccccc1-c1cc(Cl)cc(-c2cc(C(F)(F)F)cc(C(F)(F)F)c2)c1. The van der Waals surface area contributed by atoms with Gasteiger partial charge >= 0.3 is 12.4 Å². The summed E-state index contributed by atoms with van der Waals surface area (Å²) in [6.07, 6.45) is -9.96. The molecule has 35 heavy (non-hydrogen) atoms. The van der Waals surface area contributed by atoms with Gasteiger partial charge < -0.3 is 0 Å². The minimum atomic E-state index is -4.98. The van der Waals surface area contributed by atoms with E-state index in [1.807, 2.05) is 0 Å². The summed E-state index contributed by atoms with van der Waals surface area (Å²) in [5.41, 5.74) is -1.56. The topological polar surface area (TPSA) is 17.1 Å². The number of ketones is 1. The van der Waals surface area contributed by atoms with Crippen LogP contribution < -0.4 is 0 Å². The van der Waals surface area contributed by atoms with Crippen molar-refractivity contribution in [2.45, 2.75) is 12.4 Å². The maximum Gasteiger partial charge on any atom is 0.416 e. The van der Waals surface area contributed by atoms with Crippen LogP contribution in [0.15, 0.2) is 91.0 Å². The molecule has 0 saturated carbocycles. The van der Waals surface area contributed by atoms with E-state index in [1.165, 1.54) is 18.2 Å². The molecule has 0 heterocycles. The van der Waals surface area contributed by atoms with E-state index in [9.17, 15) is 31.1 Å². The summed E-state index contributed by atoms with van der Waals surface area (Å²) in [5.74, 6) is -0.291. The van der Waals surface area contributed by atoms with Gasteiger partial charge in [0.25, 0.3) is 0 Å². The van der Waals surface area contributed by atoms with Crippen LogP contribution in [0.2, 0.25) is 5.02 Å². The Bertz CT molecular complexity index is 1360. The first-order chi connectivity index (χ1) is 16.4. The van der Waals surface area contributed by atoms with Crippen LogP contribution >= 0.6 is 11.6 Å². The Morgan fingerprint density at radius 1 is 0.600 bits per heavy atom. The third-order valence-electron chi connectivity index (χ3n) is 5.34. The molecule has 0 radical (unpaired) electrons. The van der Waals surface area contributed by atoms with E-state index in [4.69, 9.17) is 11.6 Å². The first-order valence-electron chi connectivity index (χ1n) is 10.2.